The molecule has 0 aliphatic heterocycles. The van der Waals surface area contributed by atoms with Crippen molar-refractivity contribution < 1.29 is 38.1 Å². The van der Waals surface area contributed by atoms with E-state index in [0.29, 0.717) is 52.4 Å². The van der Waals surface area contributed by atoms with Crippen LogP contribution >= 0.6 is 0 Å². The fourth-order valence-corrected chi connectivity index (χ4v) is 6.56. The smallest absolute Gasteiger partial charge is 0.307 e. The lowest BCUT2D eigenvalue weighted by Crippen LogP contribution is -2.40. The van der Waals surface area contributed by atoms with E-state index in [9.17, 15) is 19.2 Å². The Morgan fingerprint density at radius 3 is 0.735 bits per heavy atom. The predicted molar refractivity (Wildman–Crippen MR) is 282 cm³/mol. The molecule has 0 spiro atoms. The van der Waals surface area contributed by atoms with Crippen LogP contribution in [0.1, 0.15) is 160 Å². The van der Waals surface area contributed by atoms with Gasteiger partial charge < -0.3 is 33.6 Å². The molecule has 386 valence electrons. The third kappa shape index (κ3) is 41.8. The molecular formula is C57H95N3O8. The molecule has 0 aromatic carbocycles. The first-order chi connectivity index (χ1) is 32.2. The quantitative estimate of drug-likeness (QED) is 0.0335. The van der Waals surface area contributed by atoms with Gasteiger partial charge in [0.25, 0.3) is 0 Å². The summed E-state index contributed by atoms with van der Waals surface area (Å²) in [7, 11) is 2.03. The van der Waals surface area contributed by atoms with Crippen molar-refractivity contribution >= 4 is 23.9 Å². The standard InChI is InChI=1S/C57H95N3O8/c1-46(2)18-14-22-50(9)30-42-65-54(61)26-34-59(35-27-55(62)66-43-31-51(10)23-15-19-47(3)4)40-38-58(13)39-41-60(36-28-56(63)67-44-32-52(11)24-16-20-48(5)6)37-29-57(64)68-45-33-53(12)25-17-21-49(7)8/h18-21,30-33H,14-17,22-29,34-45H2,1-13H3/b50-30-,51-31-,52-32-,53-33-. The predicted octanol–water partition coefficient (Wildman–Crippen LogP) is 12.0. The lowest BCUT2D eigenvalue weighted by Gasteiger charge is -2.27. The molecule has 0 amide bonds. The van der Waals surface area contributed by atoms with Crippen molar-refractivity contribution in [2.75, 3.05) is 85.8 Å². The number of carbonyl (C=O) groups excluding carboxylic acids is 4. The Hall–Kier alpha value is -4.32. The molecule has 0 saturated carbocycles. The number of ether oxygens (including phenoxy) is 4. The maximum atomic E-state index is 12.8. The number of carbonyl (C=O) groups is 4. The maximum Gasteiger partial charge on any atom is 0.307 e. The minimum atomic E-state index is -0.281. The van der Waals surface area contributed by atoms with Crippen LogP contribution in [-0.4, -0.2) is 124 Å². The van der Waals surface area contributed by atoms with E-state index in [-0.39, 0.29) is 76.0 Å². The summed E-state index contributed by atoms with van der Waals surface area (Å²) in [4.78, 5) is 57.7. The van der Waals surface area contributed by atoms with Crippen molar-refractivity contribution in [1.29, 1.82) is 0 Å². The number of allylic oxidation sites excluding steroid dienone is 12. The fourth-order valence-electron chi connectivity index (χ4n) is 6.56. The van der Waals surface area contributed by atoms with E-state index in [1.54, 1.807) is 0 Å². The van der Waals surface area contributed by atoms with Gasteiger partial charge in [0.1, 0.15) is 26.4 Å². The third-order valence-electron chi connectivity index (χ3n) is 11.2. The molecule has 0 saturated heterocycles. The molecule has 0 unspecified atom stereocenters. The highest BCUT2D eigenvalue weighted by Crippen LogP contribution is 2.11. The summed E-state index contributed by atoms with van der Waals surface area (Å²) in [6.45, 7) is 30.2. The molecule has 0 N–H and O–H groups in total. The zero-order valence-electron chi connectivity index (χ0n) is 45.2. The number of nitrogens with zero attached hydrogens (tertiary/aromatic N) is 3. The Kier molecular flexibility index (Phi) is 38.0. The van der Waals surface area contributed by atoms with Gasteiger partial charge in [0, 0.05) is 52.4 Å². The van der Waals surface area contributed by atoms with E-state index in [0.717, 1.165) is 51.4 Å². The summed E-state index contributed by atoms with van der Waals surface area (Å²) < 4.78 is 22.2. The molecule has 0 aromatic rings. The summed E-state index contributed by atoms with van der Waals surface area (Å²) in [5, 5.41) is 0. The Bertz CT molecular complexity index is 1470. The van der Waals surface area contributed by atoms with E-state index in [1.165, 1.54) is 44.6 Å². The Morgan fingerprint density at radius 2 is 0.529 bits per heavy atom. The highest BCUT2D eigenvalue weighted by Gasteiger charge is 2.16. The average molecular weight is 950 g/mol. The van der Waals surface area contributed by atoms with Gasteiger partial charge in [0.05, 0.1) is 25.7 Å². The summed E-state index contributed by atoms with van der Waals surface area (Å²) in [5.41, 5.74) is 9.89. The zero-order valence-corrected chi connectivity index (χ0v) is 45.2. The van der Waals surface area contributed by atoms with Crippen LogP contribution in [0.2, 0.25) is 0 Å². The summed E-state index contributed by atoms with van der Waals surface area (Å²) in [6.07, 6.45) is 25.0. The number of esters is 4. The Balaban J connectivity index is 5.62. The van der Waals surface area contributed by atoms with Gasteiger partial charge in [-0.2, -0.15) is 0 Å². The molecule has 0 bridgehead atoms. The monoisotopic (exact) mass is 950 g/mol. The molecule has 0 aliphatic carbocycles. The number of hydrogen-bond acceptors (Lipinski definition) is 11. The lowest BCUT2D eigenvalue weighted by atomic mass is 10.1. The van der Waals surface area contributed by atoms with Gasteiger partial charge in [-0.05, 0) is 166 Å². The first-order valence-corrected chi connectivity index (χ1v) is 25.2. The van der Waals surface area contributed by atoms with E-state index in [4.69, 9.17) is 18.9 Å². The van der Waals surface area contributed by atoms with Gasteiger partial charge in [-0.15, -0.1) is 0 Å². The van der Waals surface area contributed by atoms with E-state index in [2.05, 4.69) is 122 Å². The minimum Gasteiger partial charge on any atom is -0.461 e. The molecule has 0 heterocycles. The normalized spacial score (nSPS) is 12.2. The van der Waals surface area contributed by atoms with Gasteiger partial charge >= 0.3 is 23.9 Å². The van der Waals surface area contributed by atoms with E-state index < -0.39 is 0 Å². The molecule has 0 fully saturated rings. The van der Waals surface area contributed by atoms with E-state index in [1.807, 2.05) is 31.4 Å². The molecule has 0 aliphatic rings. The molecule has 11 heteroatoms. The molecule has 0 rings (SSSR count). The van der Waals surface area contributed by atoms with Gasteiger partial charge in [0.15, 0.2) is 0 Å². The Labute approximate surface area is 414 Å². The van der Waals surface area contributed by atoms with Crippen LogP contribution in [-0.2, 0) is 38.1 Å². The lowest BCUT2D eigenvalue weighted by molar-refractivity contribution is -0.144. The Morgan fingerprint density at radius 1 is 0.309 bits per heavy atom. The van der Waals surface area contributed by atoms with Crippen molar-refractivity contribution in [1.82, 2.24) is 14.7 Å². The highest BCUT2D eigenvalue weighted by atomic mass is 16.5. The summed E-state index contributed by atoms with van der Waals surface area (Å²) in [6, 6.07) is 0. The van der Waals surface area contributed by atoms with Gasteiger partial charge in [-0.1, -0.05) is 68.9 Å². The molecular weight excluding hydrogens is 855 g/mol. The van der Waals surface area contributed by atoms with Crippen LogP contribution in [0.3, 0.4) is 0 Å². The number of hydrogen-bond donors (Lipinski definition) is 0. The van der Waals surface area contributed by atoms with Gasteiger partial charge in [0.2, 0.25) is 0 Å². The third-order valence-corrected chi connectivity index (χ3v) is 11.2. The van der Waals surface area contributed by atoms with Gasteiger partial charge in [-0.3, -0.25) is 19.2 Å². The first-order valence-electron chi connectivity index (χ1n) is 25.2. The van der Waals surface area contributed by atoms with E-state index >= 15 is 0 Å². The highest BCUT2D eigenvalue weighted by molar-refractivity contribution is 5.71. The topological polar surface area (TPSA) is 115 Å². The van der Waals surface area contributed by atoms with Crippen LogP contribution in [0.4, 0.5) is 0 Å². The van der Waals surface area contributed by atoms with Crippen molar-refractivity contribution in [2.24, 2.45) is 0 Å². The maximum absolute atomic E-state index is 12.8. The summed E-state index contributed by atoms with van der Waals surface area (Å²) in [5.74, 6) is -1.12. The molecule has 0 atom stereocenters. The van der Waals surface area contributed by atoms with Crippen molar-refractivity contribution in [2.45, 2.75) is 160 Å². The SMILES string of the molecule is CC(C)=CCC/C(C)=C\COC(=O)CCN(CCC(=O)OC/C=C(/C)CCC=C(C)C)CCN(C)CCN(CCC(=O)OC/C=C(/C)CCC=C(C)C)CCC(=O)OC/C=C(/C)CCC=C(C)C. The van der Waals surface area contributed by atoms with Crippen molar-refractivity contribution in [3.8, 4) is 0 Å². The van der Waals surface area contributed by atoms with Crippen molar-refractivity contribution in [3.63, 3.8) is 0 Å². The summed E-state index contributed by atoms with van der Waals surface area (Å²) >= 11 is 0. The van der Waals surface area contributed by atoms with Crippen LogP contribution in [0, 0.1) is 0 Å². The molecule has 11 nitrogen and oxygen atoms in total. The van der Waals surface area contributed by atoms with Crippen LogP contribution in [0.5, 0.6) is 0 Å². The zero-order chi connectivity index (χ0) is 51.1. The van der Waals surface area contributed by atoms with Crippen LogP contribution in [0.15, 0.2) is 93.2 Å². The number of likely N-dealkylation sites (N-methyl/N-ethyl adjacent to an activating group) is 1. The fraction of sp³-hybridized carbons (Fsp3) is 0.649. The van der Waals surface area contributed by atoms with Crippen LogP contribution in [0.25, 0.3) is 0 Å². The second kappa shape index (κ2) is 40.6. The van der Waals surface area contributed by atoms with Gasteiger partial charge in [-0.25, -0.2) is 0 Å². The molecule has 68 heavy (non-hydrogen) atoms. The molecule has 0 radical (unpaired) electrons. The molecule has 0 aromatic heterocycles. The van der Waals surface area contributed by atoms with Crippen LogP contribution < -0.4 is 0 Å². The first kappa shape index (κ1) is 63.7. The van der Waals surface area contributed by atoms with Crippen molar-refractivity contribution in [3.05, 3.63) is 93.2 Å². The minimum absolute atomic E-state index is 0.202. The number of rotatable bonds is 38. The largest absolute Gasteiger partial charge is 0.461 e. The average Bonchev–Trinajstić information content (AvgIpc) is 3.25. The second-order valence-electron chi connectivity index (χ2n) is 19.2. The second-order valence-corrected chi connectivity index (χ2v) is 19.2.